The van der Waals surface area contributed by atoms with Gasteiger partial charge in [0.05, 0.1) is 18.5 Å². The fourth-order valence-corrected chi connectivity index (χ4v) is 3.27. The fraction of sp³-hybridized carbons (Fsp3) is 0.722. The molecule has 1 aromatic heterocycles. The third-order valence-corrected chi connectivity index (χ3v) is 5.01. The molecule has 2 unspecified atom stereocenters. The van der Waals surface area contributed by atoms with Gasteiger partial charge in [0.1, 0.15) is 0 Å². The molecule has 3 N–H and O–H groups in total. The summed E-state index contributed by atoms with van der Waals surface area (Å²) in [5.41, 5.74) is 1.35. The molecule has 0 aliphatic carbocycles. The molecule has 14 heteroatoms. The van der Waals surface area contributed by atoms with Crippen LogP contribution in [-0.2, 0) is 20.9 Å². The fourth-order valence-electron chi connectivity index (χ4n) is 3.27. The molecule has 8 nitrogen and oxygen atoms in total. The summed E-state index contributed by atoms with van der Waals surface area (Å²) in [5, 5.41) is 14.2. The molecule has 3 rings (SSSR count). The molecule has 2 atom stereocenters. The number of halogens is 6. The highest BCUT2D eigenvalue weighted by Gasteiger charge is 2.46. The zero-order valence-electron chi connectivity index (χ0n) is 17.3. The third kappa shape index (κ3) is 9.02. The molecule has 0 saturated carbocycles. The van der Waals surface area contributed by atoms with E-state index in [0.29, 0.717) is 0 Å². The average Bonchev–Trinajstić information content (AvgIpc) is 3.38. The first-order valence-corrected chi connectivity index (χ1v) is 9.49. The van der Waals surface area contributed by atoms with Crippen molar-refractivity contribution in [3.05, 3.63) is 18.2 Å². The topological polar surface area (TPSA) is 116 Å². The molecule has 2 aliphatic heterocycles. The maximum absolute atomic E-state index is 10.6. The maximum atomic E-state index is 10.6. The van der Waals surface area contributed by atoms with Gasteiger partial charge >= 0.3 is 24.3 Å². The number of hydrogen-bond donors (Lipinski definition) is 3. The molecule has 1 aromatic rings. The summed E-state index contributed by atoms with van der Waals surface area (Å²) < 4.78 is 69.6. The summed E-state index contributed by atoms with van der Waals surface area (Å²) >= 11 is 0. The Balaban J connectivity index is 0.000000305. The lowest BCUT2D eigenvalue weighted by atomic mass is 9.87. The highest BCUT2D eigenvalue weighted by Crippen LogP contribution is 2.40. The molecule has 184 valence electrons. The predicted octanol–water partition coefficient (Wildman–Crippen LogP) is 3.31. The van der Waals surface area contributed by atoms with Crippen molar-refractivity contribution in [3.8, 4) is 0 Å². The zero-order valence-corrected chi connectivity index (χ0v) is 17.3. The maximum Gasteiger partial charge on any atom is 0.490 e. The Morgan fingerprint density at radius 2 is 1.75 bits per heavy atom. The van der Waals surface area contributed by atoms with Gasteiger partial charge in [-0.2, -0.15) is 26.3 Å². The number of rotatable bonds is 3. The molecular weight excluding hydrogens is 452 g/mol. The number of likely N-dealkylation sites (tertiary alicyclic amines) is 1. The van der Waals surface area contributed by atoms with Crippen LogP contribution in [0.1, 0.15) is 32.4 Å². The number of alkyl halides is 6. The first-order chi connectivity index (χ1) is 14.6. The number of ether oxygens (including phenoxy) is 1. The van der Waals surface area contributed by atoms with Crippen LogP contribution in [-0.4, -0.2) is 74.7 Å². The number of carbonyl (C=O) groups is 2. The van der Waals surface area contributed by atoms with E-state index in [1.54, 1.807) is 6.33 Å². The second-order valence-corrected chi connectivity index (χ2v) is 7.85. The number of hydrogen-bond acceptors (Lipinski definition) is 5. The van der Waals surface area contributed by atoms with Gasteiger partial charge in [0.2, 0.25) is 0 Å². The minimum absolute atomic E-state index is 0.148. The summed E-state index contributed by atoms with van der Waals surface area (Å²) in [6.07, 6.45) is -4.08. The lowest BCUT2D eigenvalue weighted by Crippen LogP contribution is -2.32. The number of H-pyrrole nitrogens is 1. The SMILES string of the molecule is CC(C)C1COC2(CCN(Cc3cnc[nH]3)C2)C1.O=C(O)C(F)(F)F.O=C(O)C(F)(F)F. The van der Waals surface area contributed by atoms with Crippen molar-refractivity contribution < 1.29 is 50.9 Å². The van der Waals surface area contributed by atoms with Crippen LogP contribution in [0.3, 0.4) is 0 Å². The van der Waals surface area contributed by atoms with E-state index in [1.165, 1.54) is 18.5 Å². The molecule has 0 radical (unpaired) electrons. The standard InChI is InChI=1S/C14H23N3O.2C2HF3O2/c1-11(2)12-5-14(18-8-12)3-4-17(9-14)7-13-6-15-10-16-13;2*3-2(4,5)1(6)7/h6,10-12H,3-5,7-9H2,1-2H3,(H,15,16);2*(H,6,7). The highest BCUT2D eigenvalue weighted by atomic mass is 19.4. The van der Waals surface area contributed by atoms with Gasteiger partial charge in [-0.25, -0.2) is 14.6 Å². The van der Waals surface area contributed by atoms with Crippen LogP contribution in [0.25, 0.3) is 0 Å². The number of imidazole rings is 1. The van der Waals surface area contributed by atoms with Gasteiger partial charge < -0.3 is 19.9 Å². The summed E-state index contributed by atoms with van der Waals surface area (Å²) in [4.78, 5) is 27.5. The third-order valence-electron chi connectivity index (χ3n) is 5.01. The quantitative estimate of drug-likeness (QED) is 0.572. The van der Waals surface area contributed by atoms with Crippen LogP contribution < -0.4 is 0 Å². The first-order valence-electron chi connectivity index (χ1n) is 9.49. The lowest BCUT2D eigenvalue weighted by Gasteiger charge is -2.23. The molecule has 0 aromatic carbocycles. The van der Waals surface area contributed by atoms with Crippen molar-refractivity contribution in [2.24, 2.45) is 11.8 Å². The molecule has 0 amide bonds. The summed E-state index contributed by atoms with van der Waals surface area (Å²) in [5.74, 6) is -4.02. The number of aromatic nitrogens is 2. The van der Waals surface area contributed by atoms with Gasteiger partial charge in [-0.3, -0.25) is 4.90 Å². The van der Waals surface area contributed by atoms with E-state index in [4.69, 9.17) is 24.5 Å². The first kappa shape index (κ1) is 27.7. The van der Waals surface area contributed by atoms with E-state index >= 15 is 0 Å². The molecule has 2 saturated heterocycles. The summed E-state index contributed by atoms with van der Waals surface area (Å²) in [6, 6.07) is 0. The number of aliphatic carboxylic acids is 2. The summed E-state index contributed by atoms with van der Waals surface area (Å²) in [6.45, 7) is 8.76. The van der Waals surface area contributed by atoms with E-state index in [-0.39, 0.29) is 5.60 Å². The molecule has 2 aliphatic rings. The minimum Gasteiger partial charge on any atom is -0.475 e. The van der Waals surface area contributed by atoms with Crippen LogP contribution in [0.2, 0.25) is 0 Å². The zero-order chi connectivity index (χ0) is 24.7. The van der Waals surface area contributed by atoms with Gasteiger partial charge in [0.25, 0.3) is 0 Å². The number of nitrogens with zero attached hydrogens (tertiary/aromatic N) is 2. The molecular formula is C18H25F6N3O5. The number of aromatic amines is 1. The Hall–Kier alpha value is -2.35. The molecule has 32 heavy (non-hydrogen) atoms. The monoisotopic (exact) mass is 477 g/mol. The molecule has 2 fully saturated rings. The normalized spacial score (nSPS) is 23.5. The number of nitrogens with one attached hydrogen (secondary N) is 1. The van der Waals surface area contributed by atoms with Crippen molar-refractivity contribution in [2.75, 3.05) is 19.7 Å². The van der Waals surface area contributed by atoms with E-state index in [0.717, 1.165) is 38.1 Å². The second-order valence-electron chi connectivity index (χ2n) is 7.85. The van der Waals surface area contributed by atoms with Crippen LogP contribution in [0.4, 0.5) is 26.3 Å². The van der Waals surface area contributed by atoms with Gasteiger partial charge in [0, 0.05) is 31.5 Å². The van der Waals surface area contributed by atoms with Crippen molar-refractivity contribution in [2.45, 2.75) is 51.2 Å². The van der Waals surface area contributed by atoms with Gasteiger partial charge in [-0.05, 0) is 24.7 Å². The van der Waals surface area contributed by atoms with E-state index in [2.05, 4.69) is 28.7 Å². The van der Waals surface area contributed by atoms with Crippen LogP contribution in [0.15, 0.2) is 12.5 Å². The average molecular weight is 477 g/mol. The smallest absolute Gasteiger partial charge is 0.475 e. The highest BCUT2D eigenvalue weighted by molar-refractivity contribution is 5.73. The van der Waals surface area contributed by atoms with Crippen molar-refractivity contribution in [3.63, 3.8) is 0 Å². The van der Waals surface area contributed by atoms with Gasteiger partial charge in [-0.1, -0.05) is 13.8 Å². The largest absolute Gasteiger partial charge is 0.490 e. The van der Waals surface area contributed by atoms with Gasteiger partial charge in [0.15, 0.2) is 0 Å². The molecule has 0 bridgehead atoms. The van der Waals surface area contributed by atoms with E-state index in [1.807, 2.05) is 6.20 Å². The van der Waals surface area contributed by atoms with Crippen LogP contribution in [0, 0.1) is 11.8 Å². The van der Waals surface area contributed by atoms with Crippen molar-refractivity contribution >= 4 is 11.9 Å². The second kappa shape index (κ2) is 11.0. The predicted molar refractivity (Wildman–Crippen MR) is 97.5 cm³/mol. The van der Waals surface area contributed by atoms with Crippen LogP contribution >= 0.6 is 0 Å². The molecule has 1 spiro atoms. The Morgan fingerprint density at radius 3 is 2.12 bits per heavy atom. The van der Waals surface area contributed by atoms with E-state index < -0.39 is 24.3 Å². The molecule has 3 heterocycles. The number of carboxylic acid groups (broad SMARTS) is 2. The van der Waals surface area contributed by atoms with Crippen LogP contribution in [0.5, 0.6) is 0 Å². The van der Waals surface area contributed by atoms with Crippen molar-refractivity contribution in [1.82, 2.24) is 14.9 Å². The Labute approximate surface area is 179 Å². The Kier molecular flexibility index (Phi) is 9.50. The minimum atomic E-state index is -5.08. The lowest BCUT2D eigenvalue weighted by molar-refractivity contribution is -0.193. The Bertz CT molecular complexity index is 714. The summed E-state index contributed by atoms with van der Waals surface area (Å²) in [7, 11) is 0. The Morgan fingerprint density at radius 1 is 1.22 bits per heavy atom. The number of carboxylic acids is 2. The van der Waals surface area contributed by atoms with Crippen molar-refractivity contribution in [1.29, 1.82) is 0 Å². The van der Waals surface area contributed by atoms with E-state index in [9.17, 15) is 26.3 Å². The van der Waals surface area contributed by atoms with Gasteiger partial charge in [-0.15, -0.1) is 0 Å².